The second-order valence-corrected chi connectivity index (χ2v) is 10.0. The maximum Gasteiger partial charge on any atom is 0.407 e. The average Bonchev–Trinajstić information content (AvgIpc) is 3.50. The second kappa shape index (κ2) is 9.18. The van der Waals surface area contributed by atoms with Gasteiger partial charge in [0.1, 0.15) is 11.4 Å². The lowest BCUT2D eigenvalue weighted by Crippen LogP contribution is -2.34. The number of ether oxygens (including phenoxy) is 2. The minimum absolute atomic E-state index is 0.106. The second-order valence-electron chi connectivity index (χ2n) is 10.0. The standard InChI is InChI=1S/C28H29N3O5/c1-28(2,3)36-27(33)30-13-18-8-6-16-5-7-17(9-19(16)18)22-11-24(32)20-10-21(26-14-29-15-35-26)25(34-4)12-23(20)31-22/h5,7,9-12,14-15,18H,6,8,13H2,1-4H3,(H,30,33)(H,31,32). The highest BCUT2D eigenvalue weighted by Gasteiger charge is 2.25. The lowest BCUT2D eigenvalue weighted by Gasteiger charge is -2.21. The van der Waals surface area contributed by atoms with Crippen molar-refractivity contribution in [3.05, 3.63) is 70.3 Å². The SMILES string of the molecule is COc1cc2[nH]c(-c3ccc4c(c3)C(CNC(=O)OC(C)(C)C)CC4)cc(=O)c2cc1-c1cnco1. The third-order valence-electron chi connectivity index (χ3n) is 6.40. The molecule has 0 fully saturated rings. The minimum atomic E-state index is -0.537. The number of aryl methyl sites for hydroxylation is 1. The zero-order valence-electron chi connectivity index (χ0n) is 20.8. The van der Waals surface area contributed by atoms with E-state index in [1.165, 1.54) is 17.5 Å². The maximum atomic E-state index is 13.1. The Labute approximate surface area is 208 Å². The number of carbonyl (C=O) groups is 1. The zero-order chi connectivity index (χ0) is 25.4. The van der Waals surface area contributed by atoms with E-state index < -0.39 is 11.7 Å². The van der Waals surface area contributed by atoms with E-state index in [9.17, 15) is 9.59 Å². The van der Waals surface area contributed by atoms with Crippen LogP contribution in [0.3, 0.4) is 0 Å². The van der Waals surface area contributed by atoms with Gasteiger partial charge in [0.15, 0.2) is 17.6 Å². The van der Waals surface area contributed by atoms with Gasteiger partial charge in [-0.1, -0.05) is 12.1 Å². The summed E-state index contributed by atoms with van der Waals surface area (Å²) in [6, 6.07) is 11.4. The Morgan fingerprint density at radius 2 is 2.06 bits per heavy atom. The molecular weight excluding hydrogens is 458 g/mol. The fourth-order valence-corrected chi connectivity index (χ4v) is 4.73. The normalized spacial score (nSPS) is 15.1. The van der Waals surface area contributed by atoms with Crippen LogP contribution in [0.25, 0.3) is 33.5 Å². The summed E-state index contributed by atoms with van der Waals surface area (Å²) in [7, 11) is 1.58. The first-order valence-electron chi connectivity index (χ1n) is 12.0. The number of hydrogen-bond donors (Lipinski definition) is 2. The monoisotopic (exact) mass is 487 g/mol. The topological polar surface area (TPSA) is 106 Å². The summed E-state index contributed by atoms with van der Waals surface area (Å²) < 4.78 is 16.4. The molecule has 8 heteroatoms. The van der Waals surface area contributed by atoms with Crippen LogP contribution in [-0.2, 0) is 11.2 Å². The molecule has 0 saturated heterocycles. The van der Waals surface area contributed by atoms with Crippen molar-refractivity contribution in [1.29, 1.82) is 0 Å². The smallest absolute Gasteiger partial charge is 0.407 e. The Bertz CT molecular complexity index is 1480. The van der Waals surface area contributed by atoms with Gasteiger partial charge in [0.2, 0.25) is 0 Å². The number of carbonyl (C=O) groups excluding carboxylic acids is 1. The third kappa shape index (κ3) is 4.71. The summed E-state index contributed by atoms with van der Waals surface area (Å²) in [6.45, 7) is 6.04. The van der Waals surface area contributed by atoms with Crippen molar-refractivity contribution in [2.45, 2.75) is 45.1 Å². The van der Waals surface area contributed by atoms with Crippen molar-refractivity contribution < 1.29 is 18.7 Å². The van der Waals surface area contributed by atoms with Crippen LogP contribution in [0.2, 0.25) is 0 Å². The highest BCUT2D eigenvalue weighted by molar-refractivity contribution is 5.88. The first kappa shape index (κ1) is 23.7. The molecule has 1 unspecified atom stereocenters. The first-order valence-corrected chi connectivity index (χ1v) is 12.0. The van der Waals surface area contributed by atoms with Gasteiger partial charge in [0, 0.05) is 35.7 Å². The number of nitrogens with zero attached hydrogens (tertiary/aromatic N) is 1. The highest BCUT2D eigenvalue weighted by Crippen LogP contribution is 2.36. The van der Waals surface area contributed by atoms with Crippen LogP contribution < -0.4 is 15.5 Å². The molecule has 0 spiro atoms. The van der Waals surface area contributed by atoms with Crippen molar-refractivity contribution in [2.75, 3.05) is 13.7 Å². The van der Waals surface area contributed by atoms with Gasteiger partial charge >= 0.3 is 6.09 Å². The van der Waals surface area contributed by atoms with E-state index in [0.29, 0.717) is 34.5 Å². The molecule has 2 N–H and O–H groups in total. The molecule has 8 nitrogen and oxygen atoms in total. The lowest BCUT2D eigenvalue weighted by molar-refractivity contribution is 0.0524. The Hall–Kier alpha value is -4.07. The molecule has 1 atom stereocenters. The number of fused-ring (bicyclic) bond motifs is 2. The summed E-state index contributed by atoms with van der Waals surface area (Å²) in [5, 5.41) is 3.43. The number of nitrogens with one attached hydrogen (secondary N) is 2. The molecule has 1 amide bonds. The summed E-state index contributed by atoms with van der Waals surface area (Å²) in [6.07, 6.45) is 4.42. The molecule has 2 aromatic heterocycles. The predicted octanol–water partition coefficient (Wildman–Crippen LogP) is 5.41. The van der Waals surface area contributed by atoms with Crippen molar-refractivity contribution in [2.24, 2.45) is 0 Å². The van der Waals surface area contributed by atoms with Gasteiger partial charge in [-0.2, -0.15) is 0 Å². The number of aromatic nitrogens is 2. The molecular formula is C28H29N3O5. The number of alkyl carbamates (subject to hydrolysis) is 1. The number of methoxy groups -OCH3 is 1. The van der Waals surface area contributed by atoms with E-state index in [4.69, 9.17) is 13.9 Å². The van der Waals surface area contributed by atoms with Gasteiger partial charge < -0.3 is 24.2 Å². The Morgan fingerprint density at radius 1 is 1.22 bits per heavy atom. The third-order valence-corrected chi connectivity index (χ3v) is 6.40. The minimum Gasteiger partial charge on any atom is -0.496 e. The van der Waals surface area contributed by atoms with E-state index >= 15 is 0 Å². The molecule has 0 aliphatic heterocycles. The highest BCUT2D eigenvalue weighted by atomic mass is 16.6. The molecule has 0 radical (unpaired) electrons. The van der Waals surface area contributed by atoms with Gasteiger partial charge in [-0.3, -0.25) is 4.79 Å². The molecule has 5 rings (SSSR count). The van der Waals surface area contributed by atoms with Gasteiger partial charge in [-0.15, -0.1) is 0 Å². The molecule has 0 bridgehead atoms. The largest absolute Gasteiger partial charge is 0.496 e. The number of rotatable bonds is 5. The molecule has 2 heterocycles. The quantitative estimate of drug-likeness (QED) is 0.390. The van der Waals surface area contributed by atoms with Gasteiger partial charge in [-0.25, -0.2) is 9.78 Å². The van der Waals surface area contributed by atoms with Crippen molar-refractivity contribution >= 4 is 17.0 Å². The van der Waals surface area contributed by atoms with Crippen LogP contribution in [0.1, 0.15) is 44.2 Å². The molecule has 1 aliphatic carbocycles. The van der Waals surface area contributed by atoms with Gasteiger partial charge in [-0.05, 0) is 62.4 Å². The van der Waals surface area contributed by atoms with Crippen LogP contribution in [0.5, 0.6) is 5.75 Å². The fourth-order valence-electron chi connectivity index (χ4n) is 4.73. The van der Waals surface area contributed by atoms with Crippen LogP contribution in [0.15, 0.2) is 58.2 Å². The summed E-state index contributed by atoms with van der Waals surface area (Å²) >= 11 is 0. The molecule has 36 heavy (non-hydrogen) atoms. The van der Waals surface area contributed by atoms with Crippen LogP contribution in [0, 0.1) is 0 Å². The Morgan fingerprint density at radius 3 is 2.78 bits per heavy atom. The first-order chi connectivity index (χ1) is 17.2. The van der Waals surface area contributed by atoms with Gasteiger partial charge in [0.25, 0.3) is 0 Å². The maximum absolute atomic E-state index is 13.1. The predicted molar refractivity (Wildman–Crippen MR) is 137 cm³/mol. The van der Waals surface area contributed by atoms with Crippen LogP contribution in [0.4, 0.5) is 4.79 Å². The van der Waals surface area contributed by atoms with Crippen molar-refractivity contribution in [3.63, 3.8) is 0 Å². The Kier molecular flexibility index (Phi) is 6.04. The number of amides is 1. The van der Waals surface area contributed by atoms with Crippen molar-refractivity contribution in [3.8, 4) is 28.3 Å². The molecule has 0 saturated carbocycles. The van der Waals surface area contributed by atoms with Crippen LogP contribution >= 0.6 is 0 Å². The Balaban J connectivity index is 1.45. The number of pyridine rings is 1. The molecule has 2 aromatic carbocycles. The number of benzene rings is 2. The summed E-state index contributed by atoms with van der Waals surface area (Å²) in [5.74, 6) is 1.29. The molecule has 4 aromatic rings. The van der Waals surface area contributed by atoms with E-state index in [1.807, 2.05) is 26.8 Å². The lowest BCUT2D eigenvalue weighted by atomic mass is 9.97. The van der Waals surface area contributed by atoms with Gasteiger partial charge in [0.05, 0.1) is 24.4 Å². The summed E-state index contributed by atoms with van der Waals surface area (Å²) in [4.78, 5) is 32.6. The molecule has 186 valence electrons. The van der Waals surface area contributed by atoms with Crippen molar-refractivity contribution in [1.82, 2.24) is 15.3 Å². The average molecular weight is 488 g/mol. The summed E-state index contributed by atoms with van der Waals surface area (Å²) in [5.41, 5.74) is 4.76. The zero-order valence-corrected chi connectivity index (χ0v) is 20.8. The van der Waals surface area contributed by atoms with E-state index in [2.05, 4.69) is 27.4 Å². The number of hydrogen-bond acceptors (Lipinski definition) is 6. The number of oxazole rings is 1. The number of H-pyrrole nitrogens is 1. The number of aromatic amines is 1. The van der Waals surface area contributed by atoms with E-state index in [0.717, 1.165) is 24.1 Å². The van der Waals surface area contributed by atoms with Crippen LogP contribution in [-0.4, -0.2) is 35.3 Å². The fraction of sp³-hybridized carbons (Fsp3) is 0.321. The van der Waals surface area contributed by atoms with E-state index in [1.54, 1.807) is 31.5 Å². The molecule has 1 aliphatic rings. The van der Waals surface area contributed by atoms with E-state index in [-0.39, 0.29) is 11.3 Å².